The first kappa shape index (κ1) is 13.9. The van der Waals surface area contributed by atoms with E-state index in [0.29, 0.717) is 11.2 Å². The van der Waals surface area contributed by atoms with E-state index >= 15 is 0 Å². The lowest BCUT2D eigenvalue weighted by Gasteiger charge is -2.26. The Kier molecular flexibility index (Phi) is 4.31. The molecule has 0 radical (unpaired) electrons. The average molecular weight is 270 g/mol. The highest BCUT2D eigenvalue weighted by Crippen LogP contribution is 2.40. The van der Waals surface area contributed by atoms with Gasteiger partial charge in [-0.2, -0.15) is 0 Å². The van der Waals surface area contributed by atoms with Crippen molar-refractivity contribution < 1.29 is 0 Å². The summed E-state index contributed by atoms with van der Waals surface area (Å²) in [7, 11) is 0. The quantitative estimate of drug-likeness (QED) is 0.686. The van der Waals surface area contributed by atoms with Crippen LogP contribution in [-0.4, -0.2) is 14.8 Å². The van der Waals surface area contributed by atoms with E-state index in [4.69, 9.17) is 11.6 Å². The molecule has 0 aliphatic heterocycles. The zero-order chi connectivity index (χ0) is 13.2. The average Bonchev–Trinajstić information content (AvgIpc) is 3.07. The number of hydrogen-bond acceptors (Lipinski definition) is 2. The Hall–Kier alpha value is -0.570. The number of halogens is 1. The molecule has 0 N–H and O–H groups in total. The normalized spacial score (nSPS) is 16.2. The highest BCUT2D eigenvalue weighted by atomic mass is 35.5. The Balaban J connectivity index is 2.00. The molecule has 1 heterocycles. The van der Waals surface area contributed by atoms with Gasteiger partial charge in [0.15, 0.2) is 0 Å². The van der Waals surface area contributed by atoms with Crippen LogP contribution in [0.15, 0.2) is 0 Å². The van der Waals surface area contributed by atoms with Gasteiger partial charge in [-0.15, -0.1) is 10.2 Å². The third-order valence-electron chi connectivity index (χ3n) is 3.72. The Labute approximate surface area is 115 Å². The molecular weight excluding hydrogens is 246 g/mol. The van der Waals surface area contributed by atoms with Crippen LogP contribution < -0.4 is 0 Å². The molecule has 1 saturated carbocycles. The van der Waals surface area contributed by atoms with Crippen LogP contribution in [0, 0.1) is 5.41 Å². The number of unbranched alkanes of at least 4 members (excludes halogenated alkanes) is 2. The monoisotopic (exact) mass is 269 g/mol. The van der Waals surface area contributed by atoms with Crippen molar-refractivity contribution in [3.05, 3.63) is 11.1 Å². The van der Waals surface area contributed by atoms with E-state index in [-0.39, 0.29) is 5.41 Å². The maximum atomic E-state index is 6.17. The van der Waals surface area contributed by atoms with Gasteiger partial charge in [-0.05, 0) is 36.3 Å². The van der Waals surface area contributed by atoms with Crippen molar-refractivity contribution >= 4 is 11.6 Å². The summed E-state index contributed by atoms with van der Waals surface area (Å²) in [5.74, 6) is 1.71. The first-order chi connectivity index (χ1) is 8.53. The molecule has 0 amide bonds. The molecule has 1 aromatic rings. The molecule has 0 atom stereocenters. The molecule has 0 bridgehead atoms. The van der Waals surface area contributed by atoms with Crippen LogP contribution in [0.25, 0.3) is 0 Å². The first-order valence-electron chi connectivity index (χ1n) is 7.12. The summed E-state index contributed by atoms with van der Waals surface area (Å²) in [6.07, 6.45) is 7.60. The van der Waals surface area contributed by atoms with Gasteiger partial charge >= 0.3 is 0 Å². The highest BCUT2D eigenvalue weighted by molar-refractivity contribution is 6.28. The Morgan fingerprint density at radius 1 is 1.28 bits per heavy atom. The second kappa shape index (κ2) is 5.60. The van der Waals surface area contributed by atoms with Gasteiger partial charge < -0.3 is 4.57 Å². The van der Waals surface area contributed by atoms with Crippen molar-refractivity contribution in [2.24, 2.45) is 5.41 Å². The van der Waals surface area contributed by atoms with Gasteiger partial charge in [0.1, 0.15) is 5.82 Å². The third-order valence-corrected chi connectivity index (χ3v) is 4.00. The minimum Gasteiger partial charge on any atom is -0.301 e. The second-order valence-electron chi connectivity index (χ2n) is 6.31. The zero-order valence-corrected chi connectivity index (χ0v) is 12.5. The topological polar surface area (TPSA) is 30.7 Å². The van der Waals surface area contributed by atoms with E-state index in [2.05, 4.69) is 35.5 Å². The predicted octanol–water partition coefficient (Wildman–Crippen LogP) is 4.42. The Bertz CT molecular complexity index is 394. The minimum atomic E-state index is 0.269. The van der Waals surface area contributed by atoms with E-state index in [1.165, 1.54) is 38.5 Å². The molecule has 0 unspecified atom stereocenters. The minimum absolute atomic E-state index is 0.269. The van der Waals surface area contributed by atoms with E-state index in [0.717, 1.165) is 12.4 Å². The number of aromatic nitrogens is 3. The molecule has 102 valence electrons. The van der Waals surface area contributed by atoms with Crippen molar-refractivity contribution in [3.63, 3.8) is 0 Å². The van der Waals surface area contributed by atoms with E-state index in [9.17, 15) is 0 Å². The van der Waals surface area contributed by atoms with Crippen molar-refractivity contribution in [2.75, 3.05) is 0 Å². The van der Waals surface area contributed by atoms with Crippen molar-refractivity contribution in [1.82, 2.24) is 14.8 Å². The molecule has 1 aliphatic carbocycles. The molecule has 4 heteroatoms. The molecule has 1 aromatic heterocycles. The van der Waals surface area contributed by atoms with Gasteiger partial charge in [0.25, 0.3) is 0 Å². The van der Waals surface area contributed by atoms with Crippen LogP contribution in [-0.2, 0) is 6.54 Å². The summed E-state index contributed by atoms with van der Waals surface area (Å²) in [5, 5.41) is 8.83. The summed E-state index contributed by atoms with van der Waals surface area (Å²) in [6, 6.07) is 0. The summed E-state index contributed by atoms with van der Waals surface area (Å²) >= 11 is 6.17. The van der Waals surface area contributed by atoms with E-state index < -0.39 is 0 Å². The SMILES string of the molecule is CCCCCC(C)(C)Cn1c(Cl)nnc1C1CC1. The molecule has 18 heavy (non-hydrogen) atoms. The fourth-order valence-electron chi connectivity index (χ4n) is 2.45. The molecular formula is C14H24ClN3. The van der Waals surface area contributed by atoms with Crippen LogP contribution in [0.2, 0.25) is 5.28 Å². The van der Waals surface area contributed by atoms with Gasteiger partial charge in [-0.25, -0.2) is 0 Å². The summed E-state index contributed by atoms with van der Waals surface area (Å²) in [6.45, 7) is 7.81. The summed E-state index contributed by atoms with van der Waals surface area (Å²) in [4.78, 5) is 0. The Morgan fingerprint density at radius 2 is 2.00 bits per heavy atom. The molecule has 1 fully saturated rings. The highest BCUT2D eigenvalue weighted by Gasteiger charge is 2.31. The smallest absolute Gasteiger partial charge is 0.225 e. The van der Waals surface area contributed by atoms with Crippen LogP contribution in [0.3, 0.4) is 0 Å². The van der Waals surface area contributed by atoms with E-state index in [1.54, 1.807) is 0 Å². The van der Waals surface area contributed by atoms with Gasteiger partial charge in [0.2, 0.25) is 5.28 Å². The van der Waals surface area contributed by atoms with Crippen LogP contribution >= 0.6 is 11.6 Å². The Morgan fingerprint density at radius 3 is 2.61 bits per heavy atom. The molecule has 0 spiro atoms. The fraction of sp³-hybridized carbons (Fsp3) is 0.857. The van der Waals surface area contributed by atoms with Crippen LogP contribution in [0.5, 0.6) is 0 Å². The fourth-order valence-corrected chi connectivity index (χ4v) is 2.63. The first-order valence-corrected chi connectivity index (χ1v) is 7.50. The van der Waals surface area contributed by atoms with Crippen molar-refractivity contribution in [1.29, 1.82) is 0 Å². The third kappa shape index (κ3) is 3.47. The standard InChI is InChI=1S/C14H24ClN3/c1-4-5-6-9-14(2,3)10-18-12(11-7-8-11)16-17-13(18)15/h11H,4-10H2,1-3H3. The van der Waals surface area contributed by atoms with Gasteiger partial charge in [-0.3, -0.25) is 0 Å². The van der Waals surface area contributed by atoms with Gasteiger partial charge in [-0.1, -0.05) is 40.0 Å². The molecule has 0 saturated heterocycles. The van der Waals surface area contributed by atoms with Crippen molar-refractivity contribution in [2.45, 2.75) is 71.8 Å². The number of nitrogens with zero attached hydrogens (tertiary/aromatic N) is 3. The lowest BCUT2D eigenvalue weighted by atomic mass is 9.86. The van der Waals surface area contributed by atoms with Crippen molar-refractivity contribution in [3.8, 4) is 0 Å². The van der Waals surface area contributed by atoms with Gasteiger partial charge in [0, 0.05) is 12.5 Å². The molecule has 0 aromatic carbocycles. The number of rotatable bonds is 7. The second-order valence-corrected chi connectivity index (χ2v) is 6.65. The molecule has 1 aliphatic rings. The summed E-state index contributed by atoms with van der Waals surface area (Å²) in [5.41, 5.74) is 0.269. The maximum Gasteiger partial charge on any atom is 0.225 e. The van der Waals surface area contributed by atoms with E-state index in [1.807, 2.05) is 0 Å². The van der Waals surface area contributed by atoms with Crippen LogP contribution in [0.4, 0.5) is 0 Å². The largest absolute Gasteiger partial charge is 0.301 e. The lowest BCUT2D eigenvalue weighted by Crippen LogP contribution is -2.21. The van der Waals surface area contributed by atoms with Crippen LogP contribution in [0.1, 0.15) is 71.0 Å². The zero-order valence-electron chi connectivity index (χ0n) is 11.7. The summed E-state index contributed by atoms with van der Waals surface area (Å²) < 4.78 is 2.13. The maximum absolute atomic E-state index is 6.17. The molecule has 2 rings (SSSR count). The molecule has 3 nitrogen and oxygen atoms in total. The number of hydrogen-bond donors (Lipinski definition) is 0. The predicted molar refractivity (Wildman–Crippen MR) is 74.9 cm³/mol. The lowest BCUT2D eigenvalue weighted by molar-refractivity contribution is 0.268. The van der Waals surface area contributed by atoms with Gasteiger partial charge in [0.05, 0.1) is 0 Å².